The minimum absolute atomic E-state index is 0.321. The molecule has 0 aliphatic carbocycles. The molecule has 4 nitrogen and oxygen atoms in total. The molecule has 0 spiro atoms. The minimum atomic E-state index is 0.321. The molecule has 0 atom stereocenters. The summed E-state index contributed by atoms with van der Waals surface area (Å²) in [5.41, 5.74) is 0. The Bertz CT molecular complexity index is 222. The minimum Gasteiger partial charge on any atom is -0.342 e. The highest BCUT2D eigenvalue weighted by Crippen LogP contribution is 2.10. The van der Waals surface area contributed by atoms with E-state index in [1.54, 1.807) is 0 Å². The largest absolute Gasteiger partial charge is 0.342 e. The lowest BCUT2D eigenvalue weighted by atomic mass is 10.1. The van der Waals surface area contributed by atoms with Gasteiger partial charge in [-0.1, -0.05) is 6.92 Å². The molecule has 0 aromatic carbocycles. The number of hydrogen-bond donors (Lipinski definition) is 1. The first-order valence-electron chi connectivity index (χ1n) is 6.04. The van der Waals surface area contributed by atoms with E-state index in [4.69, 9.17) is 0 Å². The molecule has 1 amide bonds. The van der Waals surface area contributed by atoms with E-state index in [0.29, 0.717) is 18.5 Å². The van der Waals surface area contributed by atoms with Crippen LogP contribution in [0.15, 0.2) is 0 Å². The highest BCUT2D eigenvalue weighted by atomic mass is 16.2. The second-order valence-corrected chi connectivity index (χ2v) is 4.46. The average Bonchev–Trinajstić information content (AvgIpc) is 2.66. The maximum atomic E-state index is 11.9. The van der Waals surface area contributed by atoms with Crippen LogP contribution in [0.2, 0.25) is 0 Å². The zero-order valence-electron chi connectivity index (χ0n) is 9.54. The van der Waals surface area contributed by atoms with Crippen molar-refractivity contribution in [3.8, 4) is 0 Å². The molecule has 86 valence electrons. The molecule has 0 aromatic heterocycles. The average molecular weight is 211 g/mol. The Morgan fingerprint density at radius 1 is 1.40 bits per heavy atom. The molecule has 2 heterocycles. The lowest BCUT2D eigenvalue weighted by Crippen LogP contribution is -2.58. The van der Waals surface area contributed by atoms with Gasteiger partial charge in [-0.15, -0.1) is 0 Å². The van der Waals surface area contributed by atoms with Crippen LogP contribution in [0, 0.1) is 0 Å². The number of likely N-dealkylation sites (N-methyl/N-ethyl adjacent to an activating group) is 1. The van der Waals surface area contributed by atoms with Crippen LogP contribution in [0.4, 0.5) is 0 Å². The van der Waals surface area contributed by atoms with Crippen LogP contribution in [0.5, 0.6) is 0 Å². The van der Waals surface area contributed by atoms with E-state index >= 15 is 0 Å². The van der Waals surface area contributed by atoms with Gasteiger partial charge in [0, 0.05) is 32.2 Å². The summed E-state index contributed by atoms with van der Waals surface area (Å²) in [6.07, 6.45) is 2.37. The fourth-order valence-corrected chi connectivity index (χ4v) is 2.27. The van der Waals surface area contributed by atoms with Crippen LogP contribution in [-0.2, 0) is 4.79 Å². The molecule has 1 N–H and O–H groups in total. The van der Waals surface area contributed by atoms with E-state index in [0.717, 1.165) is 32.7 Å². The zero-order chi connectivity index (χ0) is 10.7. The summed E-state index contributed by atoms with van der Waals surface area (Å²) in [6, 6.07) is 0.585. The Labute approximate surface area is 91.6 Å². The van der Waals surface area contributed by atoms with Crippen LogP contribution in [0.25, 0.3) is 0 Å². The molecule has 2 aliphatic rings. The van der Waals surface area contributed by atoms with Gasteiger partial charge in [0.1, 0.15) is 0 Å². The van der Waals surface area contributed by atoms with Crippen LogP contribution < -0.4 is 5.32 Å². The first-order valence-corrected chi connectivity index (χ1v) is 6.04. The fraction of sp³-hybridized carbons (Fsp3) is 0.909. The van der Waals surface area contributed by atoms with E-state index in [-0.39, 0.29) is 0 Å². The number of amides is 1. The first kappa shape index (κ1) is 10.9. The van der Waals surface area contributed by atoms with Gasteiger partial charge in [-0.3, -0.25) is 9.69 Å². The molecular formula is C11H21N3O. The number of nitrogens with zero attached hydrogens (tertiary/aromatic N) is 2. The molecule has 0 aromatic rings. The Balaban J connectivity index is 1.79. The molecule has 2 aliphatic heterocycles. The predicted octanol–water partition coefficient (Wildman–Crippen LogP) is -0.0975. The Morgan fingerprint density at radius 3 is 2.53 bits per heavy atom. The maximum Gasteiger partial charge on any atom is 0.236 e. The Kier molecular flexibility index (Phi) is 3.59. The van der Waals surface area contributed by atoms with Crippen molar-refractivity contribution in [2.75, 3.05) is 39.3 Å². The van der Waals surface area contributed by atoms with Gasteiger partial charge in [-0.2, -0.15) is 0 Å². The smallest absolute Gasteiger partial charge is 0.236 e. The molecule has 2 saturated heterocycles. The van der Waals surface area contributed by atoms with Crippen molar-refractivity contribution in [2.24, 2.45) is 0 Å². The molecule has 0 unspecified atom stereocenters. The van der Waals surface area contributed by atoms with E-state index < -0.39 is 0 Å². The van der Waals surface area contributed by atoms with Gasteiger partial charge in [0.15, 0.2) is 0 Å². The van der Waals surface area contributed by atoms with Gasteiger partial charge in [0.05, 0.1) is 6.54 Å². The second-order valence-electron chi connectivity index (χ2n) is 4.46. The summed E-state index contributed by atoms with van der Waals surface area (Å²) in [5, 5.41) is 3.25. The van der Waals surface area contributed by atoms with Gasteiger partial charge >= 0.3 is 0 Å². The lowest BCUT2D eigenvalue weighted by Gasteiger charge is -2.37. The number of rotatable bonds is 4. The van der Waals surface area contributed by atoms with Gasteiger partial charge in [-0.05, 0) is 19.4 Å². The zero-order valence-corrected chi connectivity index (χ0v) is 9.54. The topological polar surface area (TPSA) is 35.6 Å². The number of hydrogen-bond acceptors (Lipinski definition) is 3. The monoisotopic (exact) mass is 211 g/mol. The van der Waals surface area contributed by atoms with Gasteiger partial charge in [0.25, 0.3) is 0 Å². The number of carbonyl (C=O) groups excluding carboxylic acids is 1. The molecule has 0 bridgehead atoms. The van der Waals surface area contributed by atoms with Gasteiger partial charge < -0.3 is 10.2 Å². The quantitative estimate of drug-likeness (QED) is 0.705. The van der Waals surface area contributed by atoms with Crippen molar-refractivity contribution < 1.29 is 4.79 Å². The third-order valence-electron chi connectivity index (χ3n) is 3.48. The number of likely N-dealkylation sites (tertiary alicyclic amines) is 1. The standard InChI is InChI=1S/C11H21N3O/c1-2-13(10-7-12-8-10)9-11(15)14-5-3-4-6-14/h10,12H,2-9H2,1H3. The normalized spacial score (nSPS) is 22.1. The van der Waals surface area contributed by atoms with Crippen molar-refractivity contribution in [1.29, 1.82) is 0 Å². The second kappa shape index (κ2) is 4.94. The number of nitrogens with one attached hydrogen (secondary N) is 1. The molecule has 4 heteroatoms. The third-order valence-corrected chi connectivity index (χ3v) is 3.48. The van der Waals surface area contributed by atoms with Crippen LogP contribution >= 0.6 is 0 Å². The summed E-state index contributed by atoms with van der Waals surface area (Å²) < 4.78 is 0. The van der Waals surface area contributed by atoms with E-state index in [1.165, 1.54) is 12.8 Å². The molecule has 0 radical (unpaired) electrons. The maximum absolute atomic E-state index is 11.9. The number of carbonyl (C=O) groups is 1. The SMILES string of the molecule is CCN(CC(=O)N1CCCC1)C1CNC1. The predicted molar refractivity (Wildman–Crippen MR) is 59.7 cm³/mol. The van der Waals surface area contributed by atoms with E-state index in [9.17, 15) is 4.79 Å². The Morgan fingerprint density at radius 2 is 2.07 bits per heavy atom. The molecule has 15 heavy (non-hydrogen) atoms. The van der Waals surface area contributed by atoms with E-state index in [2.05, 4.69) is 17.1 Å². The highest BCUT2D eigenvalue weighted by Gasteiger charge is 2.27. The Hall–Kier alpha value is -0.610. The van der Waals surface area contributed by atoms with Crippen LogP contribution in [-0.4, -0.2) is 61.0 Å². The lowest BCUT2D eigenvalue weighted by molar-refractivity contribution is -0.132. The van der Waals surface area contributed by atoms with Crippen LogP contribution in [0.3, 0.4) is 0 Å². The fourth-order valence-electron chi connectivity index (χ4n) is 2.27. The molecule has 0 saturated carbocycles. The van der Waals surface area contributed by atoms with Gasteiger partial charge in [0.2, 0.25) is 5.91 Å². The summed E-state index contributed by atoms with van der Waals surface area (Å²) in [7, 11) is 0. The molecule has 2 fully saturated rings. The molecular weight excluding hydrogens is 190 g/mol. The summed E-state index contributed by atoms with van der Waals surface area (Å²) >= 11 is 0. The van der Waals surface area contributed by atoms with Crippen molar-refractivity contribution in [3.05, 3.63) is 0 Å². The van der Waals surface area contributed by atoms with Crippen molar-refractivity contribution >= 4 is 5.91 Å². The van der Waals surface area contributed by atoms with Crippen molar-refractivity contribution in [2.45, 2.75) is 25.8 Å². The third kappa shape index (κ3) is 2.49. The highest BCUT2D eigenvalue weighted by molar-refractivity contribution is 5.78. The van der Waals surface area contributed by atoms with Crippen molar-refractivity contribution in [1.82, 2.24) is 15.1 Å². The summed E-state index contributed by atoms with van der Waals surface area (Å²) in [6.45, 7) is 7.76. The first-order chi connectivity index (χ1) is 7.31. The summed E-state index contributed by atoms with van der Waals surface area (Å²) in [4.78, 5) is 16.2. The van der Waals surface area contributed by atoms with E-state index in [1.807, 2.05) is 4.90 Å². The van der Waals surface area contributed by atoms with Crippen molar-refractivity contribution in [3.63, 3.8) is 0 Å². The van der Waals surface area contributed by atoms with Gasteiger partial charge in [-0.25, -0.2) is 0 Å². The molecule has 2 rings (SSSR count). The summed E-state index contributed by atoms with van der Waals surface area (Å²) in [5.74, 6) is 0.321. The van der Waals surface area contributed by atoms with Crippen LogP contribution in [0.1, 0.15) is 19.8 Å².